The molecular formula is C11H19NO. The zero-order valence-corrected chi connectivity index (χ0v) is 8.83. The molecule has 0 bridgehead atoms. The summed E-state index contributed by atoms with van der Waals surface area (Å²) in [4.78, 5) is 0. The normalized spacial score (nSPS) is 14.4. The fourth-order valence-corrected chi connectivity index (χ4v) is 0.930. The highest BCUT2D eigenvalue weighted by Gasteiger charge is 2.12. The molecule has 0 saturated carbocycles. The van der Waals surface area contributed by atoms with E-state index in [1.807, 2.05) is 24.6 Å². The lowest BCUT2D eigenvalue weighted by Gasteiger charge is -2.19. The van der Waals surface area contributed by atoms with Crippen molar-refractivity contribution in [3.8, 4) is 0 Å². The van der Waals surface area contributed by atoms with Crippen molar-refractivity contribution < 1.29 is 5.21 Å². The molecule has 0 aromatic rings. The number of nitrogens with one attached hydrogen (secondary N) is 1. The molecule has 0 heterocycles. The predicted octanol–water partition coefficient (Wildman–Crippen LogP) is 3.03. The Balaban J connectivity index is 4.61. The molecule has 0 aromatic heterocycles. The number of hydroxylamine groups is 1. The topological polar surface area (TPSA) is 32.3 Å². The molecular weight excluding hydrogens is 162 g/mol. The molecule has 0 atom stereocenters. The smallest absolute Gasteiger partial charge is 0.0240 e. The largest absolute Gasteiger partial charge is 0.292 e. The molecule has 2 heteroatoms. The van der Waals surface area contributed by atoms with Crippen LogP contribution in [-0.2, 0) is 0 Å². The Kier molecular flexibility index (Phi) is 5.16. The SMILES string of the molecule is C\C=C/C(=C\C=C/NO)C(C)(C)C. The van der Waals surface area contributed by atoms with Crippen LogP contribution in [0.5, 0.6) is 0 Å². The van der Waals surface area contributed by atoms with E-state index < -0.39 is 0 Å². The maximum Gasteiger partial charge on any atom is 0.0240 e. The van der Waals surface area contributed by atoms with Crippen LogP contribution in [0.2, 0.25) is 0 Å². The molecule has 0 radical (unpaired) electrons. The number of hydrogen-bond donors (Lipinski definition) is 2. The summed E-state index contributed by atoms with van der Waals surface area (Å²) in [6, 6.07) is 0. The molecule has 74 valence electrons. The molecule has 0 aromatic carbocycles. The highest BCUT2D eigenvalue weighted by molar-refractivity contribution is 5.28. The first-order valence-electron chi connectivity index (χ1n) is 4.42. The Morgan fingerprint density at radius 1 is 1.31 bits per heavy atom. The van der Waals surface area contributed by atoms with E-state index in [0.29, 0.717) is 0 Å². The highest BCUT2D eigenvalue weighted by Crippen LogP contribution is 2.26. The van der Waals surface area contributed by atoms with Gasteiger partial charge in [-0.3, -0.25) is 10.7 Å². The zero-order valence-electron chi connectivity index (χ0n) is 8.83. The van der Waals surface area contributed by atoms with E-state index in [9.17, 15) is 0 Å². The number of hydrogen-bond acceptors (Lipinski definition) is 2. The zero-order chi connectivity index (χ0) is 10.3. The summed E-state index contributed by atoms with van der Waals surface area (Å²) in [7, 11) is 0. The van der Waals surface area contributed by atoms with Crippen molar-refractivity contribution in [3.05, 3.63) is 36.1 Å². The second-order valence-corrected chi connectivity index (χ2v) is 3.86. The first kappa shape index (κ1) is 12.0. The minimum atomic E-state index is 0.131. The summed E-state index contributed by atoms with van der Waals surface area (Å²) >= 11 is 0. The van der Waals surface area contributed by atoms with E-state index in [0.717, 1.165) is 0 Å². The van der Waals surface area contributed by atoms with E-state index in [2.05, 4.69) is 26.8 Å². The van der Waals surface area contributed by atoms with Crippen molar-refractivity contribution in [2.45, 2.75) is 27.7 Å². The van der Waals surface area contributed by atoms with E-state index in [1.165, 1.54) is 11.8 Å². The van der Waals surface area contributed by atoms with E-state index in [4.69, 9.17) is 5.21 Å². The Hall–Kier alpha value is -1.02. The Morgan fingerprint density at radius 3 is 2.31 bits per heavy atom. The lowest BCUT2D eigenvalue weighted by Crippen LogP contribution is -2.07. The van der Waals surface area contributed by atoms with Crippen LogP contribution in [-0.4, -0.2) is 5.21 Å². The lowest BCUT2D eigenvalue weighted by molar-refractivity contribution is 0.214. The number of rotatable bonds is 3. The van der Waals surface area contributed by atoms with Gasteiger partial charge in [0.25, 0.3) is 0 Å². The molecule has 0 aliphatic carbocycles. The average molecular weight is 181 g/mol. The van der Waals surface area contributed by atoms with Crippen molar-refractivity contribution in [1.82, 2.24) is 5.48 Å². The van der Waals surface area contributed by atoms with Crippen LogP contribution in [0, 0.1) is 5.41 Å². The van der Waals surface area contributed by atoms with Gasteiger partial charge in [0.05, 0.1) is 0 Å². The molecule has 13 heavy (non-hydrogen) atoms. The average Bonchev–Trinajstić information content (AvgIpc) is 2.01. The van der Waals surface area contributed by atoms with Crippen LogP contribution < -0.4 is 5.48 Å². The molecule has 2 N–H and O–H groups in total. The maximum atomic E-state index is 8.33. The second-order valence-electron chi connectivity index (χ2n) is 3.86. The molecule has 2 nitrogen and oxygen atoms in total. The Labute approximate surface area is 80.6 Å². The van der Waals surface area contributed by atoms with Crippen molar-refractivity contribution in [2.24, 2.45) is 5.41 Å². The fourth-order valence-electron chi connectivity index (χ4n) is 0.930. The lowest BCUT2D eigenvalue weighted by atomic mass is 9.86. The summed E-state index contributed by atoms with van der Waals surface area (Å²) in [5.41, 5.74) is 3.32. The minimum absolute atomic E-state index is 0.131. The summed E-state index contributed by atoms with van der Waals surface area (Å²) in [6.07, 6.45) is 9.32. The van der Waals surface area contributed by atoms with Crippen LogP contribution in [0.1, 0.15) is 27.7 Å². The first-order chi connectivity index (χ1) is 6.02. The highest BCUT2D eigenvalue weighted by atomic mass is 16.5. The van der Waals surface area contributed by atoms with Crippen LogP contribution in [0.3, 0.4) is 0 Å². The van der Waals surface area contributed by atoms with Gasteiger partial charge in [-0.2, -0.15) is 0 Å². The van der Waals surface area contributed by atoms with E-state index in [-0.39, 0.29) is 5.41 Å². The van der Waals surface area contributed by atoms with Crippen LogP contribution in [0.15, 0.2) is 36.1 Å². The Morgan fingerprint density at radius 2 is 1.92 bits per heavy atom. The third-order valence-corrected chi connectivity index (χ3v) is 1.66. The van der Waals surface area contributed by atoms with Gasteiger partial charge in [-0.25, -0.2) is 0 Å². The third-order valence-electron chi connectivity index (χ3n) is 1.66. The predicted molar refractivity (Wildman–Crippen MR) is 56.4 cm³/mol. The molecule has 0 amide bonds. The van der Waals surface area contributed by atoms with Gasteiger partial charge in [0.15, 0.2) is 0 Å². The van der Waals surface area contributed by atoms with Crippen LogP contribution in [0.25, 0.3) is 0 Å². The number of allylic oxidation sites excluding steroid dienone is 5. The van der Waals surface area contributed by atoms with Gasteiger partial charge in [0, 0.05) is 6.20 Å². The fraction of sp³-hybridized carbons (Fsp3) is 0.455. The monoisotopic (exact) mass is 181 g/mol. The van der Waals surface area contributed by atoms with Gasteiger partial charge in [-0.05, 0) is 24.0 Å². The quantitative estimate of drug-likeness (QED) is 0.518. The summed E-state index contributed by atoms with van der Waals surface area (Å²) < 4.78 is 0. The van der Waals surface area contributed by atoms with Crippen molar-refractivity contribution in [3.63, 3.8) is 0 Å². The van der Waals surface area contributed by atoms with Gasteiger partial charge < -0.3 is 0 Å². The van der Waals surface area contributed by atoms with Gasteiger partial charge in [-0.1, -0.05) is 39.0 Å². The molecule has 0 unspecified atom stereocenters. The van der Waals surface area contributed by atoms with Crippen molar-refractivity contribution in [1.29, 1.82) is 0 Å². The molecule has 0 aliphatic heterocycles. The van der Waals surface area contributed by atoms with Gasteiger partial charge in [-0.15, -0.1) is 0 Å². The summed E-state index contributed by atoms with van der Waals surface area (Å²) in [6.45, 7) is 8.45. The summed E-state index contributed by atoms with van der Waals surface area (Å²) in [5.74, 6) is 0. The molecule has 0 fully saturated rings. The van der Waals surface area contributed by atoms with Crippen LogP contribution in [0.4, 0.5) is 0 Å². The van der Waals surface area contributed by atoms with Gasteiger partial charge in [0.2, 0.25) is 0 Å². The first-order valence-corrected chi connectivity index (χ1v) is 4.42. The van der Waals surface area contributed by atoms with Gasteiger partial charge >= 0.3 is 0 Å². The second kappa shape index (κ2) is 5.60. The van der Waals surface area contributed by atoms with Crippen molar-refractivity contribution in [2.75, 3.05) is 0 Å². The van der Waals surface area contributed by atoms with Crippen LogP contribution >= 0.6 is 0 Å². The van der Waals surface area contributed by atoms with Gasteiger partial charge in [0.1, 0.15) is 0 Å². The third kappa shape index (κ3) is 5.26. The molecule has 0 aliphatic rings. The maximum absolute atomic E-state index is 8.33. The molecule has 0 spiro atoms. The van der Waals surface area contributed by atoms with E-state index in [1.54, 1.807) is 6.08 Å². The minimum Gasteiger partial charge on any atom is -0.292 e. The molecule has 0 rings (SSSR count). The van der Waals surface area contributed by atoms with E-state index >= 15 is 0 Å². The molecule has 0 saturated heterocycles. The standard InChI is InChI=1S/C11H19NO/c1-5-7-10(11(2,3)4)8-6-9-12-13/h5-9,12-13H,1-4H3/b7-5-,9-6-,10-8+. The summed E-state index contributed by atoms with van der Waals surface area (Å²) in [5, 5.41) is 8.33. The Bertz CT molecular complexity index is 219. The van der Waals surface area contributed by atoms with Crippen molar-refractivity contribution >= 4 is 0 Å².